The zero-order valence-electron chi connectivity index (χ0n) is 9.73. The molecule has 0 aromatic heterocycles. The molecule has 3 nitrogen and oxygen atoms in total. The molecule has 4 heteroatoms. The van der Waals surface area contributed by atoms with Gasteiger partial charge in [-0.05, 0) is 36.8 Å². The fraction of sp³-hybridized carbons (Fsp3) is 0.429. The number of carboxylic acids is 1. The maximum atomic E-state index is 12.0. The first kappa shape index (κ1) is 11.7. The van der Waals surface area contributed by atoms with Crippen molar-refractivity contribution < 1.29 is 14.7 Å². The Hall–Kier alpha value is -1.35. The predicted molar refractivity (Wildman–Crippen MR) is 67.0 cm³/mol. The van der Waals surface area contributed by atoms with Gasteiger partial charge < -0.3 is 5.11 Å². The highest BCUT2D eigenvalue weighted by Crippen LogP contribution is 2.45. The van der Waals surface area contributed by atoms with Crippen molar-refractivity contribution in [1.29, 1.82) is 0 Å². The van der Waals surface area contributed by atoms with Crippen LogP contribution < -0.4 is 0 Å². The summed E-state index contributed by atoms with van der Waals surface area (Å²) in [6, 6.07) is 5.37. The molecule has 3 rings (SSSR count). The maximum Gasteiger partial charge on any atom is 0.307 e. The van der Waals surface area contributed by atoms with E-state index in [0.29, 0.717) is 22.9 Å². The lowest BCUT2D eigenvalue weighted by Gasteiger charge is -2.05. The smallest absolute Gasteiger partial charge is 0.307 e. The van der Waals surface area contributed by atoms with Crippen molar-refractivity contribution >= 4 is 23.4 Å². The van der Waals surface area contributed by atoms with Gasteiger partial charge in [0.25, 0.3) is 0 Å². The average molecular weight is 265 g/mol. The van der Waals surface area contributed by atoms with Crippen LogP contribution in [0.15, 0.2) is 18.2 Å². The van der Waals surface area contributed by atoms with Crippen molar-refractivity contribution in [2.24, 2.45) is 11.8 Å². The summed E-state index contributed by atoms with van der Waals surface area (Å²) in [6.45, 7) is 0. The second-order valence-corrected chi connectivity index (χ2v) is 5.57. The summed E-state index contributed by atoms with van der Waals surface area (Å²) in [5.41, 5.74) is 1.65. The van der Waals surface area contributed by atoms with Crippen LogP contribution in [0.3, 0.4) is 0 Å². The molecule has 0 spiro atoms. The quantitative estimate of drug-likeness (QED) is 0.850. The van der Waals surface area contributed by atoms with Crippen LogP contribution in [0.25, 0.3) is 0 Å². The highest BCUT2D eigenvalue weighted by Gasteiger charge is 2.48. The van der Waals surface area contributed by atoms with E-state index in [1.54, 1.807) is 12.1 Å². The lowest BCUT2D eigenvalue weighted by molar-refractivity contribution is -0.138. The van der Waals surface area contributed by atoms with Gasteiger partial charge in [0, 0.05) is 16.5 Å². The Balaban J connectivity index is 1.78. The normalized spacial score (nSPS) is 25.8. The fourth-order valence-electron chi connectivity index (χ4n) is 2.38. The van der Waals surface area contributed by atoms with Crippen LogP contribution in [0.1, 0.15) is 41.1 Å². The van der Waals surface area contributed by atoms with Gasteiger partial charge in [-0.1, -0.05) is 23.7 Å². The molecule has 0 unspecified atom stereocenters. The van der Waals surface area contributed by atoms with E-state index in [4.69, 9.17) is 16.7 Å². The van der Waals surface area contributed by atoms with Crippen LogP contribution in [-0.2, 0) is 4.79 Å². The van der Waals surface area contributed by atoms with Gasteiger partial charge in [0.1, 0.15) is 0 Å². The second kappa shape index (κ2) is 4.09. The van der Waals surface area contributed by atoms with Crippen LogP contribution in [0, 0.1) is 11.8 Å². The minimum atomic E-state index is -0.881. The molecule has 2 fully saturated rings. The largest absolute Gasteiger partial charge is 0.481 e. The summed E-state index contributed by atoms with van der Waals surface area (Å²) < 4.78 is 0. The SMILES string of the molecule is O=C(O)[C@H]1C[C@@H]1C(=O)c1ccc(C2CC2)c(Cl)c1. The molecule has 1 aromatic rings. The van der Waals surface area contributed by atoms with Gasteiger partial charge in [-0.25, -0.2) is 0 Å². The molecule has 0 amide bonds. The predicted octanol–water partition coefficient (Wildman–Crippen LogP) is 3.12. The molecule has 0 heterocycles. The molecule has 94 valence electrons. The summed E-state index contributed by atoms with van der Waals surface area (Å²) in [5.74, 6) is -1.28. The zero-order valence-corrected chi connectivity index (χ0v) is 10.5. The first-order chi connectivity index (χ1) is 8.58. The summed E-state index contributed by atoms with van der Waals surface area (Å²) in [6.07, 6.45) is 2.78. The minimum Gasteiger partial charge on any atom is -0.481 e. The highest BCUT2D eigenvalue weighted by atomic mass is 35.5. The van der Waals surface area contributed by atoms with E-state index >= 15 is 0 Å². The van der Waals surface area contributed by atoms with Crippen LogP contribution in [0.5, 0.6) is 0 Å². The molecule has 2 aliphatic carbocycles. The van der Waals surface area contributed by atoms with Crippen LogP contribution in [0.2, 0.25) is 5.02 Å². The Morgan fingerprint density at radius 2 is 1.94 bits per heavy atom. The molecular weight excluding hydrogens is 252 g/mol. The monoisotopic (exact) mass is 264 g/mol. The van der Waals surface area contributed by atoms with Crippen molar-refractivity contribution in [2.45, 2.75) is 25.2 Å². The number of ketones is 1. The Bertz CT molecular complexity index is 534. The summed E-state index contributed by atoms with van der Waals surface area (Å²) in [7, 11) is 0. The Morgan fingerprint density at radius 3 is 2.44 bits per heavy atom. The number of carbonyl (C=O) groups is 2. The lowest BCUT2D eigenvalue weighted by Crippen LogP contribution is -2.08. The van der Waals surface area contributed by atoms with Crippen LogP contribution in [-0.4, -0.2) is 16.9 Å². The Morgan fingerprint density at radius 1 is 1.22 bits per heavy atom. The summed E-state index contributed by atoms with van der Waals surface area (Å²) in [4.78, 5) is 22.8. The van der Waals surface area contributed by atoms with Crippen LogP contribution >= 0.6 is 11.6 Å². The molecule has 0 saturated heterocycles. The fourth-order valence-corrected chi connectivity index (χ4v) is 2.71. The van der Waals surface area contributed by atoms with Gasteiger partial charge in [0.2, 0.25) is 0 Å². The number of carbonyl (C=O) groups excluding carboxylic acids is 1. The van der Waals surface area contributed by atoms with E-state index in [1.807, 2.05) is 6.07 Å². The molecular formula is C14H13ClO3. The minimum absolute atomic E-state index is 0.0911. The van der Waals surface area contributed by atoms with E-state index < -0.39 is 11.9 Å². The zero-order chi connectivity index (χ0) is 12.9. The summed E-state index contributed by atoms with van der Waals surface area (Å²) in [5, 5.41) is 9.46. The number of hydrogen-bond donors (Lipinski definition) is 1. The molecule has 2 aliphatic rings. The lowest BCUT2D eigenvalue weighted by atomic mass is 10.0. The topological polar surface area (TPSA) is 54.4 Å². The van der Waals surface area contributed by atoms with Crippen molar-refractivity contribution in [3.05, 3.63) is 34.3 Å². The summed E-state index contributed by atoms with van der Waals surface area (Å²) >= 11 is 6.16. The van der Waals surface area contributed by atoms with Gasteiger partial charge in [-0.15, -0.1) is 0 Å². The average Bonchev–Trinajstić information content (AvgIpc) is 3.19. The first-order valence-corrected chi connectivity index (χ1v) is 6.52. The maximum absolute atomic E-state index is 12.0. The van der Waals surface area contributed by atoms with Gasteiger partial charge in [0.05, 0.1) is 5.92 Å². The van der Waals surface area contributed by atoms with E-state index in [0.717, 1.165) is 18.4 Å². The number of carboxylic acid groups (broad SMARTS) is 1. The molecule has 1 N–H and O–H groups in total. The van der Waals surface area contributed by atoms with Gasteiger partial charge in [-0.2, -0.15) is 0 Å². The second-order valence-electron chi connectivity index (χ2n) is 5.16. The molecule has 18 heavy (non-hydrogen) atoms. The number of halogens is 1. The van der Waals surface area contributed by atoms with Crippen LogP contribution in [0.4, 0.5) is 0 Å². The van der Waals surface area contributed by atoms with Crippen molar-refractivity contribution in [3.8, 4) is 0 Å². The Kier molecular flexibility index (Phi) is 2.67. The van der Waals surface area contributed by atoms with E-state index in [9.17, 15) is 9.59 Å². The molecule has 2 atom stereocenters. The van der Waals surface area contributed by atoms with E-state index in [-0.39, 0.29) is 11.7 Å². The molecule has 1 aromatic carbocycles. The van der Waals surface area contributed by atoms with E-state index in [1.165, 1.54) is 0 Å². The molecule has 2 saturated carbocycles. The standard InChI is InChI=1S/C14H13ClO3/c15-12-5-8(3-4-9(12)7-1-2-7)13(16)10-6-11(10)14(17)18/h3-5,7,10-11H,1-2,6H2,(H,17,18)/t10-,11-/m0/s1. The van der Waals surface area contributed by atoms with Gasteiger partial charge >= 0.3 is 5.97 Å². The van der Waals surface area contributed by atoms with Gasteiger partial charge in [-0.3, -0.25) is 9.59 Å². The highest BCUT2D eigenvalue weighted by molar-refractivity contribution is 6.32. The first-order valence-electron chi connectivity index (χ1n) is 6.14. The number of Topliss-reactive ketones (excluding diaryl/α,β-unsaturated/α-hetero) is 1. The number of aliphatic carboxylic acids is 1. The number of benzene rings is 1. The third-order valence-corrected chi connectivity index (χ3v) is 4.07. The van der Waals surface area contributed by atoms with E-state index in [2.05, 4.69) is 0 Å². The molecule has 0 aliphatic heterocycles. The Labute approximate surface area is 110 Å². The van der Waals surface area contributed by atoms with Crippen molar-refractivity contribution in [1.82, 2.24) is 0 Å². The number of rotatable bonds is 4. The molecule has 0 radical (unpaired) electrons. The van der Waals surface area contributed by atoms with Crippen molar-refractivity contribution in [2.75, 3.05) is 0 Å². The third kappa shape index (κ3) is 2.03. The van der Waals surface area contributed by atoms with Crippen molar-refractivity contribution in [3.63, 3.8) is 0 Å². The van der Waals surface area contributed by atoms with Gasteiger partial charge in [0.15, 0.2) is 5.78 Å². The number of hydrogen-bond acceptors (Lipinski definition) is 2. The third-order valence-electron chi connectivity index (χ3n) is 3.75. The molecule has 0 bridgehead atoms.